The highest BCUT2D eigenvalue weighted by Gasteiger charge is 2.22. The monoisotopic (exact) mass is 726 g/mol. The van der Waals surface area contributed by atoms with Crippen LogP contribution in [0.2, 0.25) is 0 Å². The third kappa shape index (κ3) is 4.82. The topological polar surface area (TPSA) is 57.5 Å². The molecule has 56 heavy (non-hydrogen) atoms. The Kier molecular flexibility index (Phi) is 7.14. The maximum atomic E-state index is 6.77. The summed E-state index contributed by atoms with van der Waals surface area (Å²) in [5.41, 5.74) is 10.9. The molecular weight excluding hydrogens is 689 g/mol. The summed E-state index contributed by atoms with van der Waals surface area (Å²) in [4.78, 5) is 9.96. The molecule has 5 aromatic heterocycles. The molecule has 0 spiro atoms. The van der Waals surface area contributed by atoms with Crippen LogP contribution in [0.1, 0.15) is 50.7 Å². The highest BCUT2D eigenvalue weighted by Crippen LogP contribution is 2.42. The first-order valence-electron chi connectivity index (χ1n) is 19.4. The second-order valence-corrected chi connectivity index (χ2v) is 15.4. The van der Waals surface area contributed by atoms with E-state index in [1.54, 1.807) is 0 Å². The van der Waals surface area contributed by atoms with Crippen LogP contribution in [0.15, 0.2) is 150 Å². The smallest absolute Gasteiger partial charge is 0.145 e. The van der Waals surface area contributed by atoms with Gasteiger partial charge in [-0.05, 0) is 95.1 Å². The summed E-state index contributed by atoms with van der Waals surface area (Å²) in [5.74, 6) is 3.04. The average Bonchev–Trinajstić information content (AvgIpc) is 3.92. The Morgan fingerprint density at radius 1 is 0.518 bits per heavy atom. The number of para-hydroxylation sites is 2. The Hall–Kier alpha value is -6.92. The maximum absolute atomic E-state index is 6.77. The van der Waals surface area contributed by atoms with Crippen LogP contribution in [0.5, 0.6) is 11.5 Å². The van der Waals surface area contributed by atoms with E-state index in [-0.39, 0.29) is 0 Å². The fourth-order valence-corrected chi connectivity index (χ4v) is 8.86. The van der Waals surface area contributed by atoms with Gasteiger partial charge in [-0.3, -0.25) is 8.97 Å². The molecule has 0 fully saturated rings. The highest BCUT2D eigenvalue weighted by molar-refractivity contribution is 6.17. The number of fused-ring (bicyclic) bond motifs is 12. The molecular formula is C50H38N4O2. The number of rotatable bonds is 6. The van der Waals surface area contributed by atoms with Gasteiger partial charge in [-0.1, -0.05) is 88.4 Å². The zero-order valence-electron chi connectivity index (χ0n) is 31.6. The molecule has 0 aliphatic carbocycles. The molecule has 0 saturated carbocycles. The maximum Gasteiger partial charge on any atom is 0.145 e. The van der Waals surface area contributed by atoms with Gasteiger partial charge in [-0.25, -0.2) is 9.97 Å². The number of nitrogens with zero attached hydrogens (tertiary/aromatic N) is 4. The van der Waals surface area contributed by atoms with E-state index in [4.69, 9.17) is 19.1 Å². The van der Waals surface area contributed by atoms with Gasteiger partial charge in [0.05, 0.1) is 28.4 Å². The molecule has 5 heterocycles. The number of benzene rings is 6. The summed E-state index contributed by atoms with van der Waals surface area (Å²) < 4.78 is 17.7. The number of hydrogen-bond donors (Lipinski definition) is 0. The predicted octanol–water partition coefficient (Wildman–Crippen LogP) is 13.7. The van der Waals surface area contributed by atoms with Crippen LogP contribution in [0, 0.1) is 0 Å². The van der Waals surface area contributed by atoms with E-state index in [9.17, 15) is 0 Å². The number of pyridine rings is 2. The van der Waals surface area contributed by atoms with Crippen molar-refractivity contribution < 1.29 is 9.15 Å². The van der Waals surface area contributed by atoms with Gasteiger partial charge in [0.1, 0.15) is 34.1 Å². The van der Waals surface area contributed by atoms with Gasteiger partial charge < -0.3 is 9.15 Å². The summed E-state index contributed by atoms with van der Waals surface area (Å²) in [6, 6.07) is 46.7. The lowest BCUT2D eigenvalue weighted by Crippen LogP contribution is -2.02. The Balaban J connectivity index is 1.09. The third-order valence-electron chi connectivity index (χ3n) is 11.4. The van der Waals surface area contributed by atoms with Crippen LogP contribution < -0.4 is 4.74 Å². The molecule has 0 aliphatic rings. The van der Waals surface area contributed by atoms with Gasteiger partial charge in [-0.15, -0.1) is 0 Å². The number of imidazole rings is 1. The summed E-state index contributed by atoms with van der Waals surface area (Å²) in [6.45, 7) is 9.10. The van der Waals surface area contributed by atoms with Gasteiger partial charge >= 0.3 is 0 Å². The van der Waals surface area contributed by atoms with Crippen molar-refractivity contribution in [2.24, 2.45) is 0 Å². The molecule has 0 N–H and O–H groups in total. The van der Waals surface area contributed by atoms with E-state index in [2.05, 4.69) is 146 Å². The minimum atomic E-state index is 0.362. The Morgan fingerprint density at radius 3 is 2.00 bits per heavy atom. The Labute approximate surface area is 323 Å². The number of aromatic nitrogens is 4. The number of furan rings is 1. The van der Waals surface area contributed by atoms with E-state index in [0.717, 1.165) is 88.7 Å². The van der Waals surface area contributed by atoms with Gasteiger partial charge in [0.25, 0.3) is 0 Å². The van der Waals surface area contributed by atoms with Crippen molar-refractivity contribution in [3.05, 3.63) is 157 Å². The molecule has 6 nitrogen and oxygen atoms in total. The van der Waals surface area contributed by atoms with Gasteiger partial charge in [0, 0.05) is 50.1 Å². The van der Waals surface area contributed by atoms with Crippen molar-refractivity contribution >= 4 is 71.1 Å². The summed E-state index contributed by atoms with van der Waals surface area (Å²) in [5, 5.41) is 7.72. The molecule has 0 atom stereocenters. The Morgan fingerprint density at radius 2 is 1.21 bits per heavy atom. The van der Waals surface area contributed by atoms with Crippen molar-refractivity contribution in [2.75, 3.05) is 0 Å². The van der Waals surface area contributed by atoms with E-state index in [0.29, 0.717) is 11.8 Å². The zero-order chi connectivity index (χ0) is 37.7. The quantitative estimate of drug-likeness (QED) is 0.160. The van der Waals surface area contributed by atoms with Crippen molar-refractivity contribution in [3.8, 4) is 28.6 Å². The second-order valence-electron chi connectivity index (χ2n) is 15.4. The van der Waals surface area contributed by atoms with Crippen LogP contribution in [0.25, 0.3) is 88.1 Å². The molecule has 6 aromatic carbocycles. The van der Waals surface area contributed by atoms with Crippen molar-refractivity contribution in [3.63, 3.8) is 0 Å². The normalized spacial score (nSPS) is 12.2. The molecule has 0 radical (unpaired) electrons. The minimum absolute atomic E-state index is 0.362. The van der Waals surface area contributed by atoms with Crippen LogP contribution in [-0.4, -0.2) is 18.9 Å². The first kappa shape index (κ1) is 32.5. The van der Waals surface area contributed by atoms with Gasteiger partial charge in [0.15, 0.2) is 0 Å². The lowest BCUT2D eigenvalue weighted by Gasteiger charge is -2.20. The zero-order valence-corrected chi connectivity index (χ0v) is 31.6. The van der Waals surface area contributed by atoms with E-state index < -0.39 is 0 Å². The highest BCUT2D eigenvalue weighted by atomic mass is 16.5. The van der Waals surface area contributed by atoms with Gasteiger partial charge in [0.2, 0.25) is 0 Å². The predicted molar refractivity (Wildman–Crippen MR) is 230 cm³/mol. The molecule has 11 rings (SSSR count). The second kappa shape index (κ2) is 12.3. The Bertz CT molecular complexity index is 3320. The van der Waals surface area contributed by atoms with Crippen molar-refractivity contribution in [1.29, 1.82) is 0 Å². The summed E-state index contributed by atoms with van der Waals surface area (Å²) in [7, 11) is 0. The lowest BCUT2D eigenvalue weighted by molar-refractivity contribution is 0.484. The first-order valence-corrected chi connectivity index (χ1v) is 19.4. The summed E-state index contributed by atoms with van der Waals surface area (Å²) >= 11 is 0. The standard InChI is InChI=1S/C50H38N4O2/c1-29(2)33-14-11-15-34(30(3)4)49(33)45-28-52-50-41-24-31(19-21-35(41)36-12-5-7-16-42(36)54(45)50)55-32-20-22-37-39-27-47-40(38-13-6-8-17-46(38)56-47)26-44(39)53(43(37)25-32)48-18-9-10-23-51-48/h5-30H,1-4H3. The fraction of sp³-hybridized carbons (Fsp3) is 0.120. The minimum Gasteiger partial charge on any atom is -0.457 e. The molecule has 270 valence electrons. The molecule has 6 heteroatoms. The fourth-order valence-electron chi connectivity index (χ4n) is 8.86. The van der Waals surface area contributed by atoms with E-state index in [1.165, 1.54) is 22.1 Å². The van der Waals surface area contributed by atoms with Crippen molar-refractivity contribution in [2.45, 2.75) is 39.5 Å². The summed E-state index contributed by atoms with van der Waals surface area (Å²) in [6.07, 6.45) is 3.90. The number of hydrogen-bond acceptors (Lipinski definition) is 4. The van der Waals surface area contributed by atoms with Crippen molar-refractivity contribution in [1.82, 2.24) is 18.9 Å². The average molecular weight is 727 g/mol. The molecule has 0 saturated heterocycles. The largest absolute Gasteiger partial charge is 0.457 e. The molecule has 0 aliphatic heterocycles. The van der Waals surface area contributed by atoms with Crippen LogP contribution in [-0.2, 0) is 0 Å². The SMILES string of the molecule is CC(C)c1cccc(C(C)C)c1-c1cnc2c3cc(Oc4ccc5c6cc7oc8ccccc8c7cc6n(-c6ccccn6)c5c4)ccc3c3ccccc3n12. The third-order valence-corrected chi connectivity index (χ3v) is 11.4. The lowest BCUT2D eigenvalue weighted by atomic mass is 9.87. The van der Waals surface area contributed by atoms with Crippen LogP contribution in [0.4, 0.5) is 0 Å². The van der Waals surface area contributed by atoms with E-state index >= 15 is 0 Å². The molecule has 0 amide bonds. The van der Waals surface area contributed by atoms with Crippen LogP contribution >= 0.6 is 0 Å². The molecule has 11 aromatic rings. The van der Waals surface area contributed by atoms with Crippen LogP contribution in [0.3, 0.4) is 0 Å². The molecule has 0 bridgehead atoms. The molecule has 0 unspecified atom stereocenters. The first-order chi connectivity index (χ1) is 27.4. The van der Waals surface area contributed by atoms with E-state index in [1.807, 2.05) is 36.5 Å². The number of ether oxygens (including phenoxy) is 1. The van der Waals surface area contributed by atoms with Gasteiger partial charge in [-0.2, -0.15) is 0 Å².